The molecular weight excluding hydrogens is 394 g/mol. The van der Waals surface area contributed by atoms with E-state index in [1.165, 1.54) is 12.1 Å². The fraction of sp³-hybridized carbons (Fsp3) is 0.562. The van der Waals surface area contributed by atoms with Gasteiger partial charge in [-0.2, -0.15) is 0 Å². The van der Waals surface area contributed by atoms with Gasteiger partial charge in [0.25, 0.3) is 5.91 Å². The number of rotatable bonds is 8. The molecule has 1 atom stereocenters. The molecule has 1 aromatic rings. The van der Waals surface area contributed by atoms with Crippen LogP contribution in [0.1, 0.15) is 36.5 Å². The van der Waals surface area contributed by atoms with Gasteiger partial charge in [-0.25, -0.2) is 13.1 Å². The van der Waals surface area contributed by atoms with Crippen molar-refractivity contribution in [2.45, 2.75) is 43.2 Å². The number of amides is 1. The third-order valence-electron chi connectivity index (χ3n) is 3.78. The Morgan fingerprint density at radius 3 is 2.62 bits per heavy atom. The van der Waals surface area contributed by atoms with Crippen molar-refractivity contribution in [2.24, 2.45) is 0 Å². The van der Waals surface area contributed by atoms with Gasteiger partial charge in [-0.15, -0.1) is 0 Å². The summed E-state index contributed by atoms with van der Waals surface area (Å²) in [5.74, 6) is -0.281. The largest absolute Gasteiger partial charge is 0.350 e. The molecule has 1 unspecified atom stereocenters. The van der Waals surface area contributed by atoms with Gasteiger partial charge in [-0.1, -0.05) is 0 Å². The summed E-state index contributed by atoms with van der Waals surface area (Å²) >= 11 is 3.33. The maximum atomic E-state index is 12.5. The van der Waals surface area contributed by atoms with Crippen LogP contribution < -0.4 is 10.0 Å². The van der Waals surface area contributed by atoms with Crippen molar-refractivity contribution in [1.82, 2.24) is 14.9 Å². The minimum Gasteiger partial charge on any atom is -0.350 e. The first-order valence-corrected chi connectivity index (χ1v) is 10.2. The zero-order chi connectivity index (χ0) is 17.9. The molecule has 1 aliphatic carbocycles. The third-order valence-corrected chi connectivity index (χ3v) is 5.99. The van der Waals surface area contributed by atoms with Gasteiger partial charge in [0.15, 0.2) is 0 Å². The van der Waals surface area contributed by atoms with Crippen molar-refractivity contribution in [3.8, 4) is 0 Å². The normalized spacial score (nSPS) is 16.2. The van der Waals surface area contributed by atoms with Crippen LogP contribution in [0.3, 0.4) is 0 Å². The second-order valence-electron chi connectivity index (χ2n) is 6.50. The number of hydrogen-bond acceptors (Lipinski definition) is 4. The van der Waals surface area contributed by atoms with E-state index in [0.717, 1.165) is 25.8 Å². The molecule has 0 spiro atoms. The molecule has 0 aromatic heterocycles. The van der Waals surface area contributed by atoms with Crippen LogP contribution in [0.4, 0.5) is 0 Å². The van der Waals surface area contributed by atoms with Gasteiger partial charge < -0.3 is 10.2 Å². The number of carbonyl (C=O) groups is 1. The molecular formula is C16H24BrN3O3S. The lowest BCUT2D eigenvalue weighted by molar-refractivity contribution is 0.0936. The summed E-state index contributed by atoms with van der Waals surface area (Å²) in [7, 11) is 0.380. The van der Waals surface area contributed by atoms with Gasteiger partial charge in [-0.3, -0.25) is 4.79 Å². The van der Waals surface area contributed by atoms with Crippen LogP contribution in [0.5, 0.6) is 0 Å². The second kappa shape index (κ2) is 7.95. The van der Waals surface area contributed by atoms with E-state index in [1.54, 1.807) is 6.07 Å². The van der Waals surface area contributed by atoms with Gasteiger partial charge in [0.2, 0.25) is 10.0 Å². The molecule has 134 valence electrons. The lowest BCUT2D eigenvalue weighted by atomic mass is 10.1. The molecule has 1 aromatic carbocycles. The van der Waals surface area contributed by atoms with Gasteiger partial charge >= 0.3 is 0 Å². The van der Waals surface area contributed by atoms with Crippen molar-refractivity contribution in [3.05, 3.63) is 28.2 Å². The molecule has 1 aliphatic rings. The van der Waals surface area contributed by atoms with Crippen LogP contribution in [0.2, 0.25) is 0 Å². The van der Waals surface area contributed by atoms with Crippen LogP contribution in [0, 0.1) is 0 Å². The quantitative estimate of drug-likeness (QED) is 0.677. The van der Waals surface area contributed by atoms with E-state index in [0.29, 0.717) is 10.0 Å². The standard InChI is InChI=1S/C16H24BrN3O3S/c1-11(8-9-20(2)3)18-16(21)14-10-13(6-7-15(14)17)24(22,23)19-12-4-5-12/h6-7,10-12,19H,4-5,8-9H2,1-3H3,(H,18,21). The summed E-state index contributed by atoms with van der Waals surface area (Å²) in [6, 6.07) is 4.55. The maximum Gasteiger partial charge on any atom is 0.252 e. The highest BCUT2D eigenvalue weighted by Crippen LogP contribution is 2.25. The predicted molar refractivity (Wildman–Crippen MR) is 97.6 cm³/mol. The lowest BCUT2D eigenvalue weighted by Gasteiger charge is -2.17. The number of halogens is 1. The minimum absolute atomic E-state index is 0.00310. The summed E-state index contributed by atoms with van der Waals surface area (Å²) in [4.78, 5) is 14.6. The molecule has 0 aliphatic heterocycles. The molecule has 24 heavy (non-hydrogen) atoms. The molecule has 2 rings (SSSR count). The molecule has 1 saturated carbocycles. The van der Waals surface area contributed by atoms with Crippen LogP contribution in [-0.2, 0) is 10.0 Å². The smallest absolute Gasteiger partial charge is 0.252 e. The lowest BCUT2D eigenvalue weighted by Crippen LogP contribution is -2.35. The fourth-order valence-electron chi connectivity index (χ4n) is 2.16. The number of nitrogens with zero attached hydrogens (tertiary/aromatic N) is 1. The Morgan fingerprint density at radius 2 is 2.04 bits per heavy atom. The molecule has 6 nitrogen and oxygen atoms in total. The summed E-state index contributed by atoms with van der Waals surface area (Å²) in [5.41, 5.74) is 0.324. The van der Waals surface area contributed by atoms with E-state index in [9.17, 15) is 13.2 Å². The van der Waals surface area contributed by atoms with E-state index in [1.807, 2.05) is 21.0 Å². The molecule has 0 saturated heterocycles. The topological polar surface area (TPSA) is 78.5 Å². The van der Waals surface area contributed by atoms with Crippen molar-refractivity contribution in [2.75, 3.05) is 20.6 Å². The summed E-state index contributed by atoms with van der Waals surface area (Å²) in [6.07, 6.45) is 2.55. The second-order valence-corrected chi connectivity index (χ2v) is 9.07. The number of hydrogen-bond donors (Lipinski definition) is 2. The van der Waals surface area contributed by atoms with Gasteiger partial charge in [-0.05, 0) is 81.0 Å². The van der Waals surface area contributed by atoms with E-state index >= 15 is 0 Å². The van der Waals surface area contributed by atoms with Gasteiger partial charge in [0.1, 0.15) is 0 Å². The molecule has 0 radical (unpaired) electrons. The van der Waals surface area contributed by atoms with E-state index in [4.69, 9.17) is 0 Å². The predicted octanol–water partition coefficient (Wildman–Crippen LogP) is 1.96. The zero-order valence-corrected chi connectivity index (χ0v) is 16.6. The average molecular weight is 418 g/mol. The number of nitrogens with one attached hydrogen (secondary N) is 2. The highest BCUT2D eigenvalue weighted by molar-refractivity contribution is 9.10. The number of sulfonamides is 1. The van der Waals surface area contributed by atoms with Gasteiger partial charge in [0, 0.05) is 16.6 Å². The van der Waals surface area contributed by atoms with E-state index in [-0.39, 0.29) is 22.9 Å². The third kappa shape index (κ3) is 5.54. The zero-order valence-electron chi connectivity index (χ0n) is 14.2. The highest BCUT2D eigenvalue weighted by Gasteiger charge is 2.28. The van der Waals surface area contributed by atoms with E-state index < -0.39 is 10.0 Å². The van der Waals surface area contributed by atoms with Crippen LogP contribution in [0.25, 0.3) is 0 Å². The first-order chi connectivity index (χ1) is 11.2. The minimum atomic E-state index is -3.58. The first-order valence-electron chi connectivity index (χ1n) is 7.96. The Morgan fingerprint density at radius 1 is 1.38 bits per heavy atom. The number of carbonyl (C=O) groups excluding carboxylic acids is 1. The first kappa shape index (κ1) is 19.4. The van der Waals surface area contributed by atoms with Crippen LogP contribution in [-0.4, -0.2) is 51.9 Å². The van der Waals surface area contributed by atoms with Crippen LogP contribution >= 0.6 is 15.9 Å². The molecule has 0 heterocycles. The van der Waals surface area contributed by atoms with Crippen molar-refractivity contribution in [1.29, 1.82) is 0 Å². The van der Waals surface area contributed by atoms with Crippen molar-refractivity contribution < 1.29 is 13.2 Å². The molecule has 2 N–H and O–H groups in total. The Balaban J connectivity index is 2.11. The molecule has 1 amide bonds. The van der Waals surface area contributed by atoms with Crippen molar-refractivity contribution >= 4 is 31.9 Å². The number of benzene rings is 1. The monoisotopic (exact) mass is 417 g/mol. The highest BCUT2D eigenvalue weighted by atomic mass is 79.9. The van der Waals surface area contributed by atoms with Gasteiger partial charge in [0.05, 0.1) is 10.5 Å². The maximum absolute atomic E-state index is 12.5. The molecule has 8 heteroatoms. The van der Waals surface area contributed by atoms with Crippen molar-refractivity contribution in [3.63, 3.8) is 0 Å². The summed E-state index contributed by atoms with van der Waals surface area (Å²) < 4.78 is 27.8. The SMILES string of the molecule is CC(CCN(C)C)NC(=O)c1cc(S(=O)(=O)NC2CC2)ccc1Br. The molecule has 0 bridgehead atoms. The molecule has 1 fully saturated rings. The summed E-state index contributed by atoms with van der Waals surface area (Å²) in [6.45, 7) is 2.80. The van der Waals surface area contributed by atoms with Crippen LogP contribution in [0.15, 0.2) is 27.6 Å². The average Bonchev–Trinajstić information content (AvgIpc) is 3.28. The Labute approximate surface area is 152 Å². The Bertz CT molecular complexity index is 703. The Kier molecular flexibility index (Phi) is 6.41. The Hall–Kier alpha value is -0.960. The fourth-order valence-corrected chi connectivity index (χ4v) is 3.92. The van der Waals surface area contributed by atoms with E-state index in [2.05, 4.69) is 30.9 Å². The summed E-state index contributed by atoms with van der Waals surface area (Å²) in [5, 5.41) is 2.91.